The Labute approximate surface area is 175 Å². The summed E-state index contributed by atoms with van der Waals surface area (Å²) in [4.78, 5) is 28.6. The summed E-state index contributed by atoms with van der Waals surface area (Å²) in [5, 5.41) is 9.36. The van der Waals surface area contributed by atoms with Gasteiger partial charge in [0.2, 0.25) is 11.8 Å². The van der Waals surface area contributed by atoms with Crippen LogP contribution in [0.5, 0.6) is 0 Å². The minimum atomic E-state index is -0.533. The molecule has 0 saturated heterocycles. The molecule has 0 spiro atoms. The summed E-state index contributed by atoms with van der Waals surface area (Å²) < 4.78 is 0. The number of guanidine groups is 1. The van der Waals surface area contributed by atoms with Crippen LogP contribution in [0.3, 0.4) is 0 Å². The summed E-state index contributed by atoms with van der Waals surface area (Å²) in [7, 11) is 0. The number of amides is 2. The molecule has 2 amide bonds. The van der Waals surface area contributed by atoms with Crippen molar-refractivity contribution in [2.45, 2.75) is 83.1 Å². The Balaban J connectivity index is 4.41. The van der Waals surface area contributed by atoms with E-state index >= 15 is 0 Å². The number of nitrogens with one attached hydrogen (secondary N) is 3. The predicted octanol–water partition coefficient (Wildman–Crippen LogP) is 0.908. The summed E-state index contributed by atoms with van der Waals surface area (Å²) >= 11 is 4.35. The van der Waals surface area contributed by atoms with Gasteiger partial charge in [0.05, 0.1) is 0 Å². The lowest BCUT2D eigenvalue weighted by Crippen LogP contribution is -2.47. The van der Waals surface area contributed by atoms with E-state index in [4.69, 9.17) is 11.5 Å². The second kappa shape index (κ2) is 16.5. The van der Waals surface area contributed by atoms with Crippen LogP contribution in [0.4, 0.5) is 0 Å². The van der Waals surface area contributed by atoms with Gasteiger partial charge in [-0.1, -0.05) is 27.2 Å². The standard InChI is InChI=1S/C19H40N6O2S/c1-14(2)22-13-10-17(26)25-16(9-5-7-12-24-19(20)21)18(27)23-11-6-4-8-15(3)28/h14-16,22,28H,4-13H2,1-3H3,(H,23,27)(H,25,26)(H4,20,21,24)/t15?,16-/m0/s1. The van der Waals surface area contributed by atoms with Gasteiger partial charge in [-0.25, -0.2) is 0 Å². The molecule has 0 fully saturated rings. The Kier molecular flexibility index (Phi) is 15.6. The minimum Gasteiger partial charge on any atom is -0.370 e. The first-order chi connectivity index (χ1) is 13.2. The molecule has 0 saturated carbocycles. The average Bonchev–Trinajstić information content (AvgIpc) is 2.59. The van der Waals surface area contributed by atoms with Gasteiger partial charge in [0, 0.05) is 32.1 Å². The third kappa shape index (κ3) is 16.7. The van der Waals surface area contributed by atoms with Gasteiger partial charge in [-0.15, -0.1) is 0 Å². The monoisotopic (exact) mass is 416 g/mol. The molecule has 1 unspecified atom stereocenters. The van der Waals surface area contributed by atoms with Crippen LogP contribution >= 0.6 is 12.6 Å². The zero-order valence-corrected chi connectivity index (χ0v) is 18.6. The van der Waals surface area contributed by atoms with Gasteiger partial charge in [0.1, 0.15) is 6.04 Å². The number of hydrogen-bond acceptors (Lipinski definition) is 5. The fourth-order valence-corrected chi connectivity index (χ4v) is 2.76. The fraction of sp³-hybridized carbons (Fsp3) is 0.842. The Hall–Kier alpha value is -1.48. The van der Waals surface area contributed by atoms with Crippen LogP contribution in [0.25, 0.3) is 0 Å². The molecule has 7 N–H and O–H groups in total. The van der Waals surface area contributed by atoms with Gasteiger partial charge < -0.3 is 27.4 Å². The largest absolute Gasteiger partial charge is 0.370 e. The van der Waals surface area contributed by atoms with Crippen molar-refractivity contribution in [3.8, 4) is 0 Å². The molecule has 0 aromatic rings. The van der Waals surface area contributed by atoms with Crippen molar-refractivity contribution in [2.24, 2.45) is 16.5 Å². The van der Waals surface area contributed by atoms with Gasteiger partial charge in [0.15, 0.2) is 5.96 Å². The smallest absolute Gasteiger partial charge is 0.242 e. The molecule has 0 aromatic carbocycles. The van der Waals surface area contributed by atoms with Gasteiger partial charge in [0.25, 0.3) is 0 Å². The third-order valence-corrected chi connectivity index (χ3v) is 4.36. The summed E-state index contributed by atoms with van der Waals surface area (Å²) in [6, 6.07) is -0.211. The van der Waals surface area contributed by atoms with Crippen molar-refractivity contribution in [1.29, 1.82) is 0 Å². The molecule has 0 aliphatic heterocycles. The average molecular weight is 417 g/mol. The molecule has 0 heterocycles. The lowest BCUT2D eigenvalue weighted by atomic mass is 10.1. The SMILES string of the molecule is CC(S)CCCCNC(=O)[C@H](CCCCN=C(N)N)NC(=O)CCNC(C)C. The van der Waals surface area contributed by atoms with E-state index in [9.17, 15) is 9.59 Å². The normalized spacial score (nSPS) is 13.0. The first kappa shape index (κ1) is 26.5. The van der Waals surface area contributed by atoms with Gasteiger partial charge in [-0.2, -0.15) is 12.6 Å². The first-order valence-corrected chi connectivity index (χ1v) is 10.8. The molecule has 28 heavy (non-hydrogen) atoms. The molecular formula is C19H40N6O2S. The van der Waals surface area contributed by atoms with Crippen LogP contribution in [0.15, 0.2) is 4.99 Å². The second-order valence-electron chi connectivity index (χ2n) is 7.42. The third-order valence-electron chi connectivity index (χ3n) is 4.10. The number of nitrogens with two attached hydrogens (primary N) is 2. The first-order valence-electron chi connectivity index (χ1n) is 10.3. The highest BCUT2D eigenvalue weighted by Crippen LogP contribution is 2.06. The Morgan fingerprint density at radius 3 is 2.29 bits per heavy atom. The lowest BCUT2D eigenvalue weighted by molar-refractivity contribution is -0.129. The number of unbranched alkanes of at least 4 members (excludes halogenated alkanes) is 2. The van der Waals surface area contributed by atoms with Crippen LogP contribution in [-0.4, -0.2) is 54.7 Å². The number of carbonyl (C=O) groups is 2. The molecule has 0 aromatic heterocycles. The van der Waals surface area contributed by atoms with Gasteiger partial charge >= 0.3 is 0 Å². The Morgan fingerprint density at radius 1 is 1.00 bits per heavy atom. The number of carbonyl (C=O) groups excluding carboxylic acids is 2. The number of aliphatic imine (C=N–C) groups is 1. The van der Waals surface area contributed by atoms with Crippen LogP contribution in [0, 0.1) is 0 Å². The molecule has 0 rings (SSSR count). The predicted molar refractivity (Wildman–Crippen MR) is 120 cm³/mol. The van der Waals surface area contributed by atoms with Crippen LogP contribution < -0.4 is 27.4 Å². The van der Waals surface area contributed by atoms with Gasteiger partial charge in [-0.05, 0) is 37.4 Å². The minimum absolute atomic E-state index is 0.0655. The molecule has 2 atom stereocenters. The topological polar surface area (TPSA) is 135 Å². The van der Waals surface area contributed by atoms with Crippen molar-refractivity contribution in [3.05, 3.63) is 0 Å². The second-order valence-corrected chi connectivity index (χ2v) is 8.30. The summed E-state index contributed by atoms with van der Waals surface area (Å²) in [5.74, 6) is -0.192. The van der Waals surface area contributed by atoms with Crippen LogP contribution in [0.2, 0.25) is 0 Å². The van der Waals surface area contributed by atoms with Crippen molar-refractivity contribution in [2.75, 3.05) is 19.6 Å². The summed E-state index contributed by atoms with van der Waals surface area (Å²) in [5.41, 5.74) is 10.6. The van der Waals surface area contributed by atoms with E-state index in [0.29, 0.717) is 43.8 Å². The van der Waals surface area contributed by atoms with E-state index in [0.717, 1.165) is 32.1 Å². The van der Waals surface area contributed by atoms with Crippen molar-refractivity contribution < 1.29 is 9.59 Å². The van der Waals surface area contributed by atoms with E-state index in [1.54, 1.807) is 0 Å². The zero-order chi connectivity index (χ0) is 21.4. The Morgan fingerprint density at radius 2 is 1.68 bits per heavy atom. The van der Waals surface area contributed by atoms with E-state index in [-0.39, 0.29) is 17.8 Å². The van der Waals surface area contributed by atoms with E-state index in [2.05, 4.69) is 40.5 Å². The van der Waals surface area contributed by atoms with E-state index in [1.807, 2.05) is 13.8 Å². The maximum atomic E-state index is 12.5. The lowest BCUT2D eigenvalue weighted by Gasteiger charge is -2.19. The van der Waals surface area contributed by atoms with Crippen molar-refractivity contribution in [3.63, 3.8) is 0 Å². The highest BCUT2D eigenvalue weighted by Gasteiger charge is 2.19. The number of thiol groups is 1. The summed E-state index contributed by atoms with van der Waals surface area (Å²) in [6.07, 6.45) is 5.34. The molecular weight excluding hydrogens is 376 g/mol. The number of hydrogen-bond donors (Lipinski definition) is 6. The maximum absolute atomic E-state index is 12.5. The quantitative estimate of drug-likeness (QED) is 0.0962. The van der Waals surface area contributed by atoms with Crippen molar-refractivity contribution in [1.82, 2.24) is 16.0 Å². The maximum Gasteiger partial charge on any atom is 0.242 e. The summed E-state index contributed by atoms with van der Waals surface area (Å²) in [6.45, 7) is 7.83. The molecule has 8 nitrogen and oxygen atoms in total. The molecule has 0 aliphatic rings. The number of rotatable bonds is 16. The van der Waals surface area contributed by atoms with E-state index in [1.165, 1.54) is 0 Å². The van der Waals surface area contributed by atoms with Gasteiger partial charge in [-0.3, -0.25) is 14.6 Å². The molecule has 164 valence electrons. The number of nitrogens with zero attached hydrogens (tertiary/aromatic N) is 1. The molecule has 0 aliphatic carbocycles. The molecule has 0 radical (unpaired) electrons. The Bertz CT molecular complexity index is 467. The fourth-order valence-electron chi connectivity index (χ4n) is 2.58. The van der Waals surface area contributed by atoms with Crippen LogP contribution in [0.1, 0.15) is 65.7 Å². The molecule has 0 bridgehead atoms. The van der Waals surface area contributed by atoms with E-state index < -0.39 is 6.04 Å². The molecule has 9 heteroatoms. The highest BCUT2D eigenvalue weighted by atomic mass is 32.1. The van der Waals surface area contributed by atoms with Crippen molar-refractivity contribution >= 4 is 30.4 Å². The highest BCUT2D eigenvalue weighted by molar-refractivity contribution is 7.80. The zero-order valence-electron chi connectivity index (χ0n) is 17.7. The van der Waals surface area contributed by atoms with Crippen LogP contribution in [-0.2, 0) is 9.59 Å².